The lowest BCUT2D eigenvalue weighted by Gasteiger charge is -2.28. The van der Waals surface area contributed by atoms with Crippen molar-refractivity contribution in [3.8, 4) is 0 Å². The zero-order valence-corrected chi connectivity index (χ0v) is 9.07. The number of nitrogens with zero attached hydrogens (tertiary/aromatic N) is 2. The van der Waals surface area contributed by atoms with Crippen LogP contribution in [0.15, 0.2) is 18.3 Å². The summed E-state index contributed by atoms with van der Waals surface area (Å²) < 4.78 is 0. The number of aromatic nitrogens is 1. The number of pyridine rings is 1. The fourth-order valence-electron chi connectivity index (χ4n) is 1.95. The van der Waals surface area contributed by atoms with E-state index < -0.39 is 0 Å². The first kappa shape index (κ1) is 10.1. The maximum Gasteiger partial charge on any atom is 0.222 e. The van der Waals surface area contributed by atoms with Crippen molar-refractivity contribution >= 4 is 5.91 Å². The van der Waals surface area contributed by atoms with Crippen LogP contribution >= 0.6 is 0 Å². The van der Waals surface area contributed by atoms with Crippen molar-refractivity contribution in [2.24, 2.45) is 0 Å². The summed E-state index contributed by atoms with van der Waals surface area (Å²) in [6.07, 6.45) is 4.30. The number of rotatable bonds is 2. The molecular formula is C12H16N2O. The van der Waals surface area contributed by atoms with Gasteiger partial charge < -0.3 is 4.90 Å². The number of hydrogen-bond acceptors (Lipinski definition) is 2. The molecule has 3 nitrogen and oxygen atoms in total. The van der Waals surface area contributed by atoms with E-state index in [4.69, 9.17) is 0 Å². The number of fused-ring (bicyclic) bond motifs is 1. The second kappa shape index (κ2) is 4.43. The summed E-state index contributed by atoms with van der Waals surface area (Å²) >= 11 is 0. The van der Waals surface area contributed by atoms with Gasteiger partial charge in [0.15, 0.2) is 0 Å². The highest BCUT2D eigenvalue weighted by Gasteiger charge is 2.19. The van der Waals surface area contributed by atoms with E-state index >= 15 is 0 Å². The fourth-order valence-corrected chi connectivity index (χ4v) is 1.95. The Labute approximate surface area is 90.1 Å². The Bertz CT molecular complexity index is 362. The van der Waals surface area contributed by atoms with Gasteiger partial charge in [-0.1, -0.05) is 13.0 Å². The van der Waals surface area contributed by atoms with Crippen LogP contribution in [0.3, 0.4) is 0 Å². The lowest BCUT2D eigenvalue weighted by Crippen LogP contribution is -2.36. The van der Waals surface area contributed by atoms with Gasteiger partial charge in [-0.15, -0.1) is 0 Å². The van der Waals surface area contributed by atoms with Gasteiger partial charge in [0.2, 0.25) is 5.91 Å². The minimum atomic E-state index is 0.270. The van der Waals surface area contributed by atoms with Crippen LogP contribution < -0.4 is 0 Å². The van der Waals surface area contributed by atoms with Crippen molar-refractivity contribution in [2.75, 3.05) is 6.54 Å². The van der Waals surface area contributed by atoms with E-state index in [2.05, 4.69) is 11.1 Å². The Balaban J connectivity index is 2.08. The number of carbonyl (C=O) groups excluding carboxylic acids is 1. The molecule has 0 N–H and O–H groups in total. The molecule has 0 saturated carbocycles. The quantitative estimate of drug-likeness (QED) is 0.735. The molecule has 1 amide bonds. The van der Waals surface area contributed by atoms with E-state index in [9.17, 15) is 4.79 Å². The summed E-state index contributed by atoms with van der Waals surface area (Å²) in [5, 5.41) is 0. The van der Waals surface area contributed by atoms with Crippen LogP contribution in [0, 0.1) is 0 Å². The molecule has 1 aliphatic heterocycles. The maximum absolute atomic E-state index is 11.7. The number of carbonyl (C=O) groups is 1. The summed E-state index contributed by atoms with van der Waals surface area (Å²) in [5.74, 6) is 0.270. The molecule has 0 bridgehead atoms. The Morgan fingerprint density at radius 1 is 1.60 bits per heavy atom. The van der Waals surface area contributed by atoms with E-state index in [1.165, 1.54) is 5.56 Å². The molecule has 15 heavy (non-hydrogen) atoms. The van der Waals surface area contributed by atoms with Gasteiger partial charge in [0.1, 0.15) is 0 Å². The second-order valence-electron chi connectivity index (χ2n) is 3.92. The van der Waals surface area contributed by atoms with Gasteiger partial charge in [0.05, 0.1) is 0 Å². The van der Waals surface area contributed by atoms with Gasteiger partial charge in [-0.3, -0.25) is 9.78 Å². The summed E-state index contributed by atoms with van der Waals surface area (Å²) in [6.45, 7) is 3.60. The van der Waals surface area contributed by atoms with Crippen LogP contribution in [0.4, 0.5) is 0 Å². The van der Waals surface area contributed by atoms with Crippen LogP contribution in [0.1, 0.15) is 31.0 Å². The summed E-state index contributed by atoms with van der Waals surface area (Å²) in [7, 11) is 0. The average Bonchev–Trinajstić information content (AvgIpc) is 2.29. The predicted molar refractivity (Wildman–Crippen MR) is 58.3 cm³/mol. The molecule has 2 heterocycles. The lowest BCUT2D eigenvalue weighted by molar-refractivity contribution is -0.132. The second-order valence-corrected chi connectivity index (χ2v) is 3.92. The molecule has 0 fully saturated rings. The van der Waals surface area contributed by atoms with Gasteiger partial charge in [-0.2, -0.15) is 0 Å². The Morgan fingerprint density at radius 2 is 2.47 bits per heavy atom. The van der Waals surface area contributed by atoms with Crippen LogP contribution in [0.25, 0.3) is 0 Å². The highest BCUT2D eigenvalue weighted by molar-refractivity contribution is 5.76. The first-order valence-electron chi connectivity index (χ1n) is 5.52. The minimum Gasteiger partial charge on any atom is -0.338 e. The van der Waals surface area contributed by atoms with Gasteiger partial charge >= 0.3 is 0 Å². The van der Waals surface area contributed by atoms with E-state index in [0.29, 0.717) is 6.42 Å². The standard InChI is InChI=1S/C12H16N2O/c1-2-4-12(15)14-8-6-11-10(9-14)5-3-7-13-11/h3,5,7H,2,4,6,8-9H2,1H3. The lowest BCUT2D eigenvalue weighted by atomic mass is 10.1. The third-order valence-corrected chi connectivity index (χ3v) is 2.78. The molecule has 0 saturated heterocycles. The van der Waals surface area contributed by atoms with Crippen molar-refractivity contribution in [3.63, 3.8) is 0 Å². The van der Waals surface area contributed by atoms with Gasteiger partial charge in [0.25, 0.3) is 0 Å². The van der Waals surface area contributed by atoms with Crippen molar-refractivity contribution in [2.45, 2.75) is 32.7 Å². The SMILES string of the molecule is CCCC(=O)N1CCc2ncccc2C1. The van der Waals surface area contributed by atoms with Crippen molar-refractivity contribution in [1.29, 1.82) is 0 Å². The fraction of sp³-hybridized carbons (Fsp3) is 0.500. The minimum absolute atomic E-state index is 0.270. The molecule has 0 spiro atoms. The molecule has 0 radical (unpaired) electrons. The third kappa shape index (κ3) is 2.17. The van der Waals surface area contributed by atoms with Crippen molar-refractivity contribution < 1.29 is 4.79 Å². The Kier molecular flexibility index (Phi) is 2.99. The van der Waals surface area contributed by atoms with Crippen LogP contribution in [-0.2, 0) is 17.8 Å². The number of amides is 1. The van der Waals surface area contributed by atoms with Crippen LogP contribution in [0.2, 0.25) is 0 Å². The normalized spacial score (nSPS) is 14.9. The third-order valence-electron chi connectivity index (χ3n) is 2.78. The molecule has 1 aliphatic rings. The van der Waals surface area contributed by atoms with Gasteiger partial charge in [-0.25, -0.2) is 0 Å². The van der Waals surface area contributed by atoms with E-state index in [0.717, 1.165) is 31.6 Å². The largest absolute Gasteiger partial charge is 0.338 e. The van der Waals surface area contributed by atoms with Crippen molar-refractivity contribution in [1.82, 2.24) is 9.88 Å². The highest BCUT2D eigenvalue weighted by atomic mass is 16.2. The van der Waals surface area contributed by atoms with Crippen LogP contribution in [0.5, 0.6) is 0 Å². The van der Waals surface area contributed by atoms with Crippen molar-refractivity contribution in [3.05, 3.63) is 29.6 Å². The first-order valence-corrected chi connectivity index (χ1v) is 5.52. The molecule has 1 aromatic heterocycles. The van der Waals surface area contributed by atoms with Gasteiger partial charge in [0, 0.05) is 37.8 Å². The van der Waals surface area contributed by atoms with Crippen LogP contribution in [-0.4, -0.2) is 22.3 Å². The topological polar surface area (TPSA) is 33.2 Å². The molecule has 3 heteroatoms. The predicted octanol–water partition coefficient (Wildman–Crippen LogP) is 1.77. The van der Waals surface area contributed by atoms with E-state index in [1.807, 2.05) is 24.1 Å². The maximum atomic E-state index is 11.7. The molecule has 0 aromatic carbocycles. The number of hydrogen-bond donors (Lipinski definition) is 0. The molecule has 0 atom stereocenters. The Hall–Kier alpha value is -1.38. The molecule has 80 valence electrons. The molecule has 1 aromatic rings. The molecule has 0 unspecified atom stereocenters. The average molecular weight is 204 g/mol. The zero-order chi connectivity index (χ0) is 10.7. The summed E-state index contributed by atoms with van der Waals surface area (Å²) in [6, 6.07) is 4.00. The zero-order valence-electron chi connectivity index (χ0n) is 9.07. The summed E-state index contributed by atoms with van der Waals surface area (Å²) in [5.41, 5.74) is 2.35. The highest BCUT2D eigenvalue weighted by Crippen LogP contribution is 2.17. The van der Waals surface area contributed by atoms with E-state index in [-0.39, 0.29) is 5.91 Å². The first-order chi connectivity index (χ1) is 7.31. The van der Waals surface area contributed by atoms with Gasteiger partial charge in [-0.05, 0) is 18.1 Å². The summed E-state index contributed by atoms with van der Waals surface area (Å²) in [4.78, 5) is 18.0. The Morgan fingerprint density at radius 3 is 3.27 bits per heavy atom. The monoisotopic (exact) mass is 204 g/mol. The smallest absolute Gasteiger partial charge is 0.222 e. The van der Waals surface area contributed by atoms with E-state index in [1.54, 1.807) is 0 Å². The molecular weight excluding hydrogens is 188 g/mol. The molecule has 2 rings (SSSR count). The molecule has 0 aliphatic carbocycles.